The van der Waals surface area contributed by atoms with Crippen LogP contribution < -0.4 is 10.5 Å². The van der Waals surface area contributed by atoms with Crippen LogP contribution in [0.3, 0.4) is 0 Å². The lowest BCUT2D eigenvalue weighted by Crippen LogP contribution is -2.14. The van der Waals surface area contributed by atoms with Crippen LogP contribution in [0.5, 0.6) is 5.75 Å². The molecule has 18 heavy (non-hydrogen) atoms. The zero-order valence-electron chi connectivity index (χ0n) is 10.6. The van der Waals surface area contributed by atoms with E-state index in [0.29, 0.717) is 24.3 Å². The van der Waals surface area contributed by atoms with Crippen LogP contribution in [0.4, 0.5) is 13.2 Å². The number of benzene rings is 1. The second-order valence-corrected chi connectivity index (χ2v) is 4.11. The maximum atomic E-state index is 12.6. The summed E-state index contributed by atoms with van der Waals surface area (Å²) in [5.74, 6) is 0.444. The maximum absolute atomic E-state index is 12.6. The van der Waals surface area contributed by atoms with Crippen molar-refractivity contribution >= 4 is 0 Å². The van der Waals surface area contributed by atoms with Crippen molar-refractivity contribution in [3.8, 4) is 5.75 Å². The molecule has 0 radical (unpaired) electrons. The molecule has 0 heterocycles. The average molecular weight is 261 g/mol. The number of hydrogen-bond acceptors (Lipinski definition) is 2. The smallest absolute Gasteiger partial charge is 0.416 e. The van der Waals surface area contributed by atoms with Crippen LogP contribution in [0.25, 0.3) is 0 Å². The first-order valence-electron chi connectivity index (χ1n) is 5.99. The molecule has 0 amide bonds. The minimum absolute atomic E-state index is 0.417. The van der Waals surface area contributed by atoms with Gasteiger partial charge >= 0.3 is 6.18 Å². The van der Waals surface area contributed by atoms with Gasteiger partial charge in [0.1, 0.15) is 5.75 Å². The molecule has 0 aliphatic carbocycles. The highest BCUT2D eigenvalue weighted by molar-refractivity contribution is 5.40. The van der Waals surface area contributed by atoms with Gasteiger partial charge in [-0.25, -0.2) is 0 Å². The number of alkyl halides is 3. The maximum Gasteiger partial charge on any atom is 0.416 e. The van der Waals surface area contributed by atoms with Crippen molar-refractivity contribution in [3.63, 3.8) is 0 Å². The second kappa shape index (κ2) is 6.09. The van der Waals surface area contributed by atoms with Crippen molar-refractivity contribution in [2.24, 2.45) is 5.73 Å². The summed E-state index contributed by atoms with van der Waals surface area (Å²) in [5, 5.41) is 0. The standard InChI is InChI=1S/C13H18F3NO/c1-3-7-18-12-6-5-9(13(14,15)16)8-10(12)11(17)4-2/h5-6,8,11H,3-4,7,17H2,1-2H3. The largest absolute Gasteiger partial charge is 0.493 e. The molecule has 1 unspecified atom stereocenters. The average Bonchev–Trinajstić information content (AvgIpc) is 2.34. The molecule has 0 spiro atoms. The zero-order chi connectivity index (χ0) is 13.8. The first-order chi connectivity index (χ1) is 8.40. The van der Waals surface area contributed by atoms with Gasteiger partial charge in [0.05, 0.1) is 12.2 Å². The third-order valence-electron chi connectivity index (χ3n) is 2.64. The Balaban J connectivity index is 3.12. The third-order valence-corrected chi connectivity index (χ3v) is 2.64. The van der Waals surface area contributed by atoms with Crippen molar-refractivity contribution in [2.45, 2.75) is 38.9 Å². The van der Waals surface area contributed by atoms with E-state index in [0.717, 1.165) is 18.6 Å². The van der Waals surface area contributed by atoms with E-state index in [1.165, 1.54) is 6.07 Å². The predicted molar refractivity (Wildman–Crippen MR) is 64.4 cm³/mol. The summed E-state index contributed by atoms with van der Waals surface area (Å²) < 4.78 is 43.3. The Hall–Kier alpha value is -1.23. The summed E-state index contributed by atoms with van der Waals surface area (Å²) in [6.07, 6.45) is -3.00. The molecule has 102 valence electrons. The lowest BCUT2D eigenvalue weighted by atomic mass is 10.0. The number of ether oxygens (including phenoxy) is 1. The van der Waals surface area contributed by atoms with E-state index < -0.39 is 17.8 Å². The molecular weight excluding hydrogens is 243 g/mol. The Morgan fingerprint density at radius 3 is 2.44 bits per heavy atom. The predicted octanol–water partition coefficient (Wildman–Crippen LogP) is 3.90. The van der Waals surface area contributed by atoms with Crippen molar-refractivity contribution in [3.05, 3.63) is 29.3 Å². The SMILES string of the molecule is CCCOc1ccc(C(F)(F)F)cc1C(N)CC. The van der Waals surface area contributed by atoms with E-state index in [9.17, 15) is 13.2 Å². The summed E-state index contributed by atoms with van der Waals surface area (Å²) in [6.45, 7) is 4.23. The van der Waals surface area contributed by atoms with Gasteiger partial charge in [-0.3, -0.25) is 0 Å². The van der Waals surface area contributed by atoms with Crippen LogP contribution >= 0.6 is 0 Å². The highest BCUT2D eigenvalue weighted by Gasteiger charge is 2.31. The van der Waals surface area contributed by atoms with Crippen molar-refractivity contribution in [2.75, 3.05) is 6.61 Å². The van der Waals surface area contributed by atoms with E-state index in [-0.39, 0.29) is 0 Å². The van der Waals surface area contributed by atoms with Gasteiger partial charge in [-0.15, -0.1) is 0 Å². The highest BCUT2D eigenvalue weighted by Crippen LogP contribution is 2.35. The fourth-order valence-electron chi connectivity index (χ4n) is 1.58. The van der Waals surface area contributed by atoms with Crippen LogP contribution in [0.1, 0.15) is 43.9 Å². The molecule has 1 aromatic rings. The number of halogens is 3. The van der Waals surface area contributed by atoms with Crippen LogP contribution in [0, 0.1) is 0 Å². The van der Waals surface area contributed by atoms with Gasteiger partial charge in [-0.05, 0) is 31.0 Å². The van der Waals surface area contributed by atoms with E-state index >= 15 is 0 Å². The van der Waals surface area contributed by atoms with Gasteiger partial charge in [0, 0.05) is 11.6 Å². The molecule has 0 saturated heterocycles. The lowest BCUT2D eigenvalue weighted by Gasteiger charge is -2.18. The fraction of sp³-hybridized carbons (Fsp3) is 0.538. The second-order valence-electron chi connectivity index (χ2n) is 4.11. The van der Waals surface area contributed by atoms with E-state index in [1.54, 1.807) is 0 Å². The minimum atomic E-state index is -4.36. The quantitative estimate of drug-likeness (QED) is 0.872. The topological polar surface area (TPSA) is 35.2 Å². The Kier molecular flexibility index (Phi) is 5.02. The van der Waals surface area contributed by atoms with Crippen LogP contribution in [0.2, 0.25) is 0 Å². The molecule has 0 aliphatic rings. The van der Waals surface area contributed by atoms with Gasteiger partial charge in [0.2, 0.25) is 0 Å². The Bertz CT molecular complexity index is 390. The van der Waals surface area contributed by atoms with Gasteiger partial charge in [0.25, 0.3) is 0 Å². The normalized spacial score (nSPS) is 13.4. The summed E-state index contributed by atoms with van der Waals surface area (Å²) in [6, 6.07) is 3.01. The van der Waals surface area contributed by atoms with E-state index in [2.05, 4.69) is 0 Å². The van der Waals surface area contributed by atoms with Gasteiger partial charge in [0.15, 0.2) is 0 Å². The van der Waals surface area contributed by atoms with Crippen molar-refractivity contribution < 1.29 is 17.9 Å². The molecule has 5 heteroatoms. The van der Waals surface area contributed by atoms with Crippen LogP contribution in [-0.2, 0) is 6.18 Å². The molecule has 2 N–H and O–H groups in total. The zero-order valence-corrected chi connectivity index (χ0v) is 10.6. The number of nitrogens with two attached hydrogens (primary N) is 1. The summed E-state index contributed by atoms with van der Waals surface area (Å²) in [7, 11) is 0. The monoisotopic (exact) mass is 261 g/mol. The van der Waals surface area contributed by atoms with E-state index in [1.807, 2.05) is 13.8 Å². The molecule has 1 aromatic carbocycles. The summed E-state index contributed by atoms with van der Waals surface area (Å²) in [4.78, 5) is 0. The third kappa shape index (κ3) is 3.63. The van der Waals surface area contributed by atoms with Crippen LogP contribution in [0.15, 0.2) is 18.2 Å². The number of rotatable bonds is 5. The highest BCUT2D eigenvalue weighted by atomic mass is 19.4. The molecule has 0 aliphatic heterocycles. The Labute approximate surface area is 105 Å². The first kappa shape index (κ1) is 14.8. The number of hydrogen-bond donors (Lipinski definition) is 1. The van der Waals surface area contributed by atoms with E-state index in [4.69, 9.17) is 10.5 Å². The van der Waals surface area contributed by atoms with Gasteiger partial charge in [-0.2, -0.15) is 13.2 Å². The lowest BCUT2D eigenvalue weighted by molar-refractivity contribution is -0.137. The fourth-order valence-corrected chi connectivity index (χ4v) is 1.58. The summed E-state index contributed by atoms with van der Waals surface area (Å²) in [5.41, 5.74) is 5.56. The van der Waals surface area contributed by atoms with Crippen molar-refractivity contribution in [1.82, 2.24) is 0 Å². The minimum Gasteiger partial charge on any atom is -0.493 e. The Morgan fingerprint density at radius 1 is 1.28 bits per heavy atom. The van der Waals surface area contributed by atoms with Crippen LogP contribution in [-0.4, -0.2) is 6.61 Å². The van der Waals surface area contributed by atoms with Gasteiger partial charge in [-0.1, -0.05) is 13.8 Å². The van der Waals surface area contributed by atoms with Gasteiger partial charge < -0.3 is 10.5 Å². The molecule has 0 aromatic heterocycles. The molecule has 1 rings (SSSR count). The molecular formula is C13H18F3NO. The molecule has 0 saturated carbocycles. The molecule has 1 atom stereocenters. The molecule has 2 nitrogen and oxygen atoms in total. The first-order valence-corrected chi connectivity index (χ1v) is 5.99. The summed E-state index contributed by atoms with van der Waals surface area (Å²) >= 11 is 0. The van der Waals surface area contributed by atoms with Crippen molar-refractivity contribution in [1.29, 1.82) is 0 Å². The molecule has 0 bridgehead atoms. The molecule has 0 fully saturated rings. The Morgan fingerprint density at radius 2 is 1.94 bits per heavy atom.